The van der Waals surface area contributed by atoms with Crippen LogP contribution in [-0.4, -0.2) is 51.2 Å². The number of phenols is 1. The smallest absolute Gasteiger partial charge is 0.344 e. The zero-order valence-electron chi connectivity index (χ0n) is 15.6. The largest absolute Gasteiger partial charge is 0.507 e. The topological polar surface area (TPSA) is 107 Å². The molecule has 1 aromatic carbocycles. The van der Waals surface area contributed by atoms with Crippen molar-refractivity contribution < 1.29 is 5.11 Å². The first-order valence-corrected chi connectivity index (χ1v) is 9.26. The molecule has 0 saturated carbocycles. The van der Waals surface area contributed by atoms with E-state index in [9.17, 15) is 9.90 Å². The van der Waals surface area contributed by atoms with Crippen LogP contribution in [0.5, 0.6) is 5.75 Å². The molecular formula is C20H22N6O2. The first-order chi connectivity index (χ1) is 13.6. The lowest BCUT2D eigenvalue weighted by atomic mass is 10.0. The van der Waals surface area contributed by atoms with Crippen molar-refractivity contribution in [1.82, 2.24) is 25.3 Å². The van der Waals surface area contributed by atoms with Crippen molar-refractivity contribution in [1.29, 1.82) is 0 Å². The minimum atomic E-state index is -0.402. The minimum absolute atomic E-state index is 0.150. The molecule has 3 heterocycles. The molecule has 0 spiro atoms. The molecule has 8 heteroatoms. The quantitative estimate of drug-likeness (QED) is 0.635. The number of hydrogen-bond donors (Lipinski definition) is 3. The number of H-pyrrole nitrogens is 1. The van der Waals surface area contributed by atoms with Gasteiger partial charge in [0.05, 0.1) is 5.56 Å². The molecule has 1 aliphatic rings. The molecule has 28 heavy (non-hydrogen) atoms. The Morgan fingerprint density at radius 3 is 2.43 bits per heavy atom. The van der Waals surface area contributed by atoms with E-state index in [2.05, 4.69) is 37.2 Å². The number of phenolic OH excluding ortho intramolecular Hbond substituents is 1. The summed E-state index contributed by atoms with van der Waals surface area (Å²) in [6.45, 7) is 2.04. The van der Waals surface area contributed by atoms with Crippen LogP contribution in [-0.2, 0) is 0 Å². The van der Waals surface area contributed by atoms with Crippen LogP contribution in [0.1, 0.15) is 12.8 Å². The number of nitrogens with zero attached hydrogens (tertiary/aromatic N) is 4. The Kier molecular flexibility index (Phi) is 5.03. The van der Waals surface area contributed by atoms with Gasteiger partial charge in [-0.3, -0.25) is 0 Å². The van der Waals surface area contributed by atoms with Crippen LogP contribution < -0.4 is 15.9 Å². The van der Waals surface area contributed by atoms with Gasteiger partial charge < -0.3 is 20.3 Å². The number of nitrogens with one attached hydrogen (secondary N) is 2. The summed E-state index contributed by atoms with van der Waals surface area (Å²) in [7, 11) is 2.06. The number of rotatable bonds is 4. The van der Waals surface area contributed by atoms with Gasteiger partial charge in [-0.15, -0.1) is 0 Å². The summed E-state index contributed by atoms with van der Waals surface area (Å²) in [5.41, 5.74) is 2.60. The second kappa shape index (κ2) is 7.77. The van der Waals surface area contributed by atoms with Gasteiger partial charge in [-0.2, -0.15) is 0 Å². The molecule has 1 fully saturated rings. The minimum Gasteiger partial charge on any atom is -0.507 e. The van der Waals surface area contributed by atoms with Crippen molar-refractivity contribution in [3.8, 4) is 28.3 Å². The molecule has 0 radical (unpaired) electrons. The van der Waals surface area contributed by atoms with Crippen LogP contribution >= 0.6 is 0 Å². The molecule has 144 valence electrons. The summed E-state index contributed by atoms with van der Waals surface area (Å²) in [5.74, 6) is 0.589. The Morgan fingerprint density at radius 1 is 1.07 bits per heavy atom. The molecule has 0 bridgehead atoms. The van der Waals surface area contributed by atoms with Gasteiger partial charge in [0.25, 0.3) is 0 Å². The average Bonchev–Trinajstić information content (AvgIpc) is 2.74. The first-order valence-electron chi connectivity index (χ1n) is 9.26. The van der Waals surface area contributed by atoms with E-state index in [0.717, 1.165) is 37.2 Å². The van der Waals surface area contributed by atoms with Crippen molar-refractivity contribution in [3.63, 3.8) is 0 Å². The fraction of sp³-hybridized carbons (Fsp3) is 0.300. The van der Waals surface area contributed by atoms with E-state index in [4.69, 9.17) is 0 Å². The molecule has 2 aromatic heterocycles. The third-order valence-corrected chi connectivity index (χ3v) is 5.14. The van der Waals surface area contributed by atoms with Gasteiger partial charge in [0, 0.05) is 60.8 Å². The van der Waals surface area contributed by atoms with E-state index in [1.807, 2.05) is 12.1 Å². The molecule has 0 atom stereocenters. The second-order valence-corrected chi connectivity index (χ2v) is 6.90. The lowest BCUT2D eigenvalue weighted by Crippen LogP contribution is -2.41. The number of aromatic amines is 1. The zero-order valence-corrected chi connectivity index (χ0v) is 15.6. The van der Waals surface area contributed by atoms with Crippen molar-refractivity contribution >= 4 is 5.69 Å². The number of benzene rings is 1. The van der Waals surface area contributed by atoms with Crippen LogP contribution in [0.3, 0.4) is 0 Å². The third kappa shape index (κ3) is 3.72. The number of piperidine rings is 1. The molecule has 1 aliphatic heterocycles. The maximum absolute atomic E-state index is 11.1. The predicted octanol–water partition coefficient (Wildman–Crippen LogP) is 1.79. The van der Waals surface area contributed by atoms with Crippen LogP contribution in [0.4, 0.5) is 5.69 Å². The molecular weight excluding hydrogens is 356 g/mol. The van der Waals surface area contributed by atoms with Gasteiger partial charge in [-0.05, 0) is 38.1 Å². The van der Waals surface area contributed by atoms with Crippen molar-refractivity contribution in [2.75, 3.05) is 25.0 Å². The first kappa shape index (κ1) is 18.1. The highest BCUT2D eigenvalue weighted by atomic mass is 16.3. The summed E-state index contributed by atoms with van der Waals surface area (Å²) in [6.07, 6.45) is 8.50. The van der Waals surface area contributed by atoms with E-state index in [0.29, 0.717) is 23.0 Å². The normalized spacial score (nSPS) is 14.8. The molecule has 4 rings (SSSR count). The Balaban J connectivity index is 1.55. The molecule has 3 N–H and O–H groups in total. The maximum Gasteiger partial charge on any atom is 0.344 e. The SMILES string of the molecule is CN(c1ccc(-c2ncc(-c3cnc(=O)[nH]c3)cn2)c(O)c1)C1CCNCC1. The van der Waals surface area contributed by atoms with Crippen LogP contribution in [0.2, 0.25) is 0 Å². The van der Waals surface area contributed by atoms with Gasteiger partial charge in [-0.1, -0.05) is 0 Å². The van der Waals surface area contributed by atoms with E-state index < -0.39 is 5.69 Å². The van der Waals surface area contributed by atoms with E-state index in [1.54, 1.807) is 24.7 Å². The molecule has 0 amide bonds. The number of aromatic nitrogens is 4. The lowest BCUT2D eigenvalue weighted by molar-refractivity contribution is 0.442. The fourth-order valence-electron chi connectivity index (χ4n) is 3.45. The Hall–Kier alpha value is -3.26. The summed E-state index contributed by atoms with van der Waals surface area (Å²) in [6, 6.07) is 6.06. The van der Waals surface area contributed by atoms with Crippen LogP contribution in [0.25, 0.3) is 22.5 Å². The van der Waals surface area contributed by atoms with Crippen molar-refractivity contribution in [2.24, 2.45) is 0 Å². The number of hydrogen-bond acceptors (Lipinski definition) is 7. The van der Waals surface area contributed by atoms with Crippen molar-refractivity contribution in [2.45, 2.75) is 18.9 Å². The highest BCUT2D eigenvalue weighted by molar-refractivity contribution is 5.69. The fourth-order valence-corrected chi connectivity index (χ4v) is 3.45. The number of anilines is 1. The highest BCUT2D eigenvalue weighted by Crippen LogP contribution is 2.32. The van der Waals surface area contributed by atoms with Gasteiger partial charge in [-0.25, -0.2) is 19.7 Å². The Labute approximate surface area is 162 Å². The molecule has 0 aliphatic carbocycles. The van der Waals surface area contributed by atoms with Gasteiger partial charge in [0.1, 0.15) is 5.75 Å². The molecule has 1 saturated heterocycles. The maximum atomic E-state index is 11.1. The van der Waals surface area contributed by atoms with Gasteiger partial charge in [0.2, 0.25) is 0 Å². The lowest BCUT2D eigenvalue weighted by Gasteiger charge is -2.33. The van der Waals surface area contributed by atoms with E-state index >= 15 is 0 Å². The van der Waals surface area contributed by atoms with E-state index in [1.165, 1.54) is 6.20 Å². The molecule has 8 nitrogen and oxygen atoms in total. The summed E-state index contributed by atoms with van der Waals surface area (Å²) in [5, 5.41) is 13.9. The third-order valence-electron chi connectivity index (χ3n) is 5.14. The summed E-state index contributed by atoms with van der Waals surface area (Å²) in [4.78, 5) is 28.2. The molecule has 0 unspecified atom stereocenters. The van der Waals surface area contributed by atoms with E-state index in [-0.39, 0.29) is 5.75 Å². The zero-order chi connectivity index (χ0) is 19.5. The highest BCUT2D eigenvalue weighted by Gasteiger charge is 2.19. The average molecular weight is 378 g/mol. The monoisotopic (exact) mass is 378 g/mol. The predicted molar refractivity (Wildman–Crippen MR) is 107 cm³/mol. The van der Waals surface area contributed by atoms with Crippen LogP contribution in [0, 0.1) is 0 Å². The Morgan fingerprint density at radius 2 is 1.79 bits per heavy atom. The van der Waals surface area contributed by atoms with Crippen LogP contribution in [0.15, 0.2) is 47.8 Å². The van der Waals surface area contributed by atoms with Crippen molar-refractivity contribution in [3.05, 3.63) is 53.5 Å². The standard InChI is InChI=1S/C20H22N6O2/c1-26(15-4-6-21-7-5-15)16-2-3-17(18(27)8-16)19-22-9-13(10-23-19)14-11-24-20(28)25-12-14/h2-3,8-12,15,21,27H,4-7H2,1H3,(H,24,25,28). The second-order valence-electron chi connectivity index (χ2n) is 6.90. The Bertz CT molecular complexity index is 991. The summed E-state index contributed by atoms with van der Waals surface area (Å²) >= 11 is 0. The van der Waals surface area contributed by atoms with Gasteiger partial charge >= 0.3 is 5.69 Å². The number of aromatic hydroxyl groups is 1. The molecule has 3 aromatic rings. The summed E-state index contributed by atoms with van der Waals surface area (Å²) < 4.78 is 0. The van der Waals surface area contributed by atoms with Gasteiger partial charge in [0.15, 0.2) is 5.82 Å².